The number of halogens is 2. The molecule has 0 fully saturated rings. The SMILES string of the molecule is Cc1ccc(C(CN)Oc2ccc(Br)cc2Br)cc1. The summed E-state index contributed by atoms with van der Waals surface area (Å²) < 4.78 is 7.90. The molecule has 0 aliphatic rings. The summed E-state index contributed by atoms with van der Waals surface area (Å²) in [7, 11) is 0. The molecule has 19 heavy (non-hydrogen) atoms. The van der Waals surface area contributed by atoms with Gasteiger partial charge in [0.1, 0.15) is 11.9 Å². The first kappa shape index (κ1) is 14.6. The third kappa shape index (κ3) is 3.81. The Morgan fingerprint density at radius 2 is 1.79 bits per heavy atom. The van der Waals surface area contributed by atoms with E-state index in [-0.39, 0.29) is 6.10 Å². The third-order valence-electron chi connectivity index (χ3n) is 2.83. The first-order valence-electron chi connectivity index (χ1n) is 5.98. The standard InChI is InChI=1S/C15H15Br2NO/c1-10-2-4-11(5-3-10)15(9-18)19-14-7-6-12(16)8-13(14)17/h2-8,15H,9,18H2,1H3. The second-order valence-electron chi connectivity index (χ2n) is 4.33. The molecule has 0 spiro atoms. The summed E-state index contributed by atoms with van der Waals surface area (Å²) in [5, 5.41) is 0. The van der Waals surface area contributed by atoms with Crippen molar-refractivity contribution in [2.24, 2.45) is 5.73 Å². The zero-order valence-electron chi connectivity index (χ0n) is 10.6. The van der Waals surface area contributed by atoms with Gasteiger partial charge in [-0.3, -0.25) is 0 Å². The molecule has 0 saturated carbocycles. The van der Waals surface area contributed by atoms with E-state index >= 15 is 0 Å². The van der Waals surface area contributed by atoms with Gasteiger partial charge in [-0.2, -0.15) is 0 Å². The molecule has 0 heterocycles. The van der Waals surface area contributed by atoms with Crippen molar-refractivity contribution in [3.8, 4) is 5.75 Å². The molecule has 2 aromatic rings. The van der Waals surface area contributed by atoms with E-state index in [1.165, 1.54) is 5.56 Å². The number of rotatable bonds is 4. The van der Waals surface area contributed by atoms with E-state index in [2.05, 4.69) is 63.0 Å². The quantitative estimate of drug-likeness (QED) is 0.835. The predicted molar refractivity (Wildman–Crippen MR) is 85.4 cm³/mol. The van der Waals surface area contributed by atoms with E-state index in [1.807, 2.05) is 18.2 Å². The zero-order valence-corrected chi connectivity index (χ0v) is 13.7. The maximum atomic E-state index is 5.98. The molecule has 100 valence electrons. The van der Waals surface area contributed by atoms with E-state index in [0.717, 1.165) is 20.3 Å². The summed E-state index contributed by atoms with van der Waals surface area (Å²) in [6.07, 6.45) is -0.141. The van der Waals surface area contributed by atoms with Crippen molar-refractivity contribution in [3.05, 3.63) is 62.5 Å². The fourth-order valence-electron chi connectivity index (χ4n) is 1.76. The molecular formula is C15H15Br2NO. The van der Waals surface area contributed by atoms with Crippen molar-refractivity contribution in [2.75, 3.05) is 6.54 Å². The third-order valence-corrected chi connectivity index (χ3v) is 3.94. The van der Waals surface area contributed by atoms with Gasteiger partial charge in [0.25, 0.3) is 0 Å². The number of hydrogen-bond acceptors (Lipinski definition) is 2. The Morgan fingerprint density at radius 1 is 1.11 bits per heavy atom. The van der Waals surface area contributed by atoms with Crippen molar-refractivity contribution in [1.29, 1.82) is 0 Å². The largest absolute Gasteiger partial charge is 0.483 e. The van der Waals surface area contributed by atoms with Crippen LogP contribution < -0.4 is 10.5 Å². The summed E-state index contributed by atoms with van der Waals surface area (Å²) in [4.78, 5) is 0. The average molecular weight is 385 g/mol. The molecule has 2 nitrogen and oxygen atoms in total. The lowest BCUT2D eigenvalue weighted by Crippen LogP contribution is -2.18. The first-order valence-corrected chi connectivity index (χ1v) is 7.57. The minimum absolute atomic E-state index is 0.141. The Morgan fingerprint density at radius 3 is 2.37 bits per heavy atom. The van der Waals surface area contributed by atoms with Crippen molar-refractivity contribution < 1.29 is 4.74 Å². The lowest BCUT2D eigenvalue weighted by atomic mass is 10.1. The predicted octanol–water partition coefficient (Wildman–Crippen LogP) is 4.60. The smallest absolute Gasteiger partial charge is 0.136 e. The minimum atomic E-state index is -0.141. The van der Waals surface area contributed by atoms with Crippen molar-refractivity contribution >= 4 is 31.9 Å². The lowest BCUT2D eigenvalue weighted by molar-refractivity contribution is 0.213. The molecule has 2 N–H and O–H groups in total. The van der Waals surface area contributed by atoms with E-state index in [4.69, 9.17) is 10.5 Å². The molecule has 0 saturated heterocycles. The van der Waals surface area contributed by atoms with Gasteiger partial charge in [-0.1, -0.05) is 45.8 Å². The van der Waals surface area contributed by atoms with Gasteiger partial charge in [0, 0.05) is 11.0 Å². The van der Waals surface area contributed by atoms with Gasteiger partial charge in [-0.05, 0) is 46.6 Å². The van der Waals surface area contributed by atoms with Crippen molar-refractivity contribution in [3.63, 3.8) is 0 Å². The number of nitrogens with two attached hydrogens (primary N) is 1. The lowest BCUT2D eigenvalue weighted by Gasteiger charge is -2.19. The summed E-state index contributed by atoms with van der Waals surface area (Å²) >= 11 is 6.92. The molecule has 2 aromatic carbocycles. The Hall–Kier alpha value is -0.840. The normalized spacial score (nSPS) is 12.2. The number of benzene rings is 2. The second kappa shape index (κ2) is 6.55. The molecule has 2 rings (SSSR count). The highest BCUT2D eigenvalue weighted by atomic mass is 79.9. The van der Waals surface area contributed by atoms with Crippen LogP contribution in [0.1, 0.15) is 17.2 Å². The average Bonchev–Trinajstić information content (AvgIpc) is 2.39. The fourth-order valence-corrected chi connectivity index (χ4v) is 2.90. The van der Waals surface area contributed by atoms with Gasteiger partial charge < -0.3 is 10.5 Å². The van der Waals surface area contributed by atoms with E-state index < -0.39 is 0 Å². The van der Waals surface area contributed by atoms with Crippen molar-refractivity contribution in [1.82, 2.24) is 0 Å². The summed E-state index contributed by atoms with van der Waals surface area (Å²) in [5.41, 5.74) is 8.13. The maximum Gasteiger partial charge on any atom is 0.136 e. The highest BCUT2D eigenvalue weighted by molar-refractivity contribution is 9.11. The van der Waals surface area contributed by atoms with E-state index in [9.17, 15) is 0 Å². The Bertz CT molecular complexity index is 555. The van der Waals surface area contributed by atoms with Crippen LogP contribution in [0.4, 0.5) is 0 Å². The maximum absolute atomic E-state index is 5.98. The van der Waals surface area contributed by atoms with Gasteiger partial charge in [0.05, 0.1) is 4.47 Å². The van der Waals surface area contributed by atoms with Crippen LogP contribution in [-0.4, -0.2) is 6.54 Å². The molecule has 1 unspecified atom stereocenters. The van der Waals surface area contributed by atoms with Gasteiger partial charge in [-0.25, -0.2) is 0 Å². The molecule has 0 aliphatic heterocycles. The molecule has 0 bridgehead atoms. The minimum Gasteiger partial charge on any atom is -0.483 e. The van der Waals surface area contributed by atoms with Crippen LogP contribution in [0.15, 0.2) is 51.4 Å². The van der Waals surface area contributed by atoms with Crippen LogP contribution in [0.2, 0.25) is 0 Å². The van der Waals surface area contributed by atoms with Gasteiger partial charge >= 0.3 is 0 Å². The fraction of sp³-hybridized carbons (Fsp3) is 0.200. The highest BCUT2D eigenvalue weighted by Gasteiger charge is 2.13. The van der Waals surface area contributed by atoms with Crippen molar-refractivity contribution in [2.45, 2.75) is 13.0 Å². The van der Waals surface area contributed by atoms with E-state index in [0.29, 0.717) is 6.54 Å². The van der Waals surface area contributed by atoms with Gasteiger partial charge in [-0.15, -0.1) is 0 Å². The monoisotopic (exact) mass is 383 g/mol. The highest BCUT2D eigenvalue weighted by Crippen LogP contribution is 2.31. The molecular weight excluding hydrogens is 370 g/mol. The number of hydrogen-bond donors (Lipinski definition) is 1. The van der Waals surface area contributed by atoms with Crippen LogP contribution in [-0.2, 0) is 0 Å². The van der Waals surface area contributed by atoms with Gasteiger partial charge in [0.15, 0.2) is 0 Å². The topological polar surface area (TPSA) is 35.2 Å². The summed E-state index contributed by atoms with van der Waals surface area (Å²) in [5.74, 6) is 0.791. The number of aryl methyl sites for hydroxylation is 1. The number of ether oxygens (including phenoxy) is 1. The van der Waals surface area contributed by atoms with Crippen LogP contribution in [0, 0.1) is 6.92 Å². The summed E-state index contributed by atoms with van der Waals surface area (Å²) in [6, 6.07) is 14.1. The first-order chi connectivity index (χ1) is 9.10. The molecule has 0 amide bonds. The molecule has 0 aliphatic carbocycles. The molecule has 0 aromatic heterocycles. The van der Waals surface area contributed by atoms with Crippen LogP contribution in [0.25, 0.3) is 0 Å². The Kier molecular flexibility index (Phi) is 5.02. The van der Waals surface area contributed by atoms with Crippen LogP contribution in [0.3, 0.4) is 0 Å². The second-order valence-corrected chi connectivity index (χ2v) is 6.10. The summed E-state index contributed by atoms with van der Waals surface area (Å²) in [6.45, 7) is 2.50. The zero-order chi connectivity index (χ0) is 13.8. The Labute approximate surface area is 130 Å². The molecule has 0 radical (unpaired) electrons. The van der Waals surface area contributed by atoms with Gasteiger partial charge in [0.2, 0.25) is 0 Å². The van der Waals surface area contributed by atoms with Crippen LogP contribution in [0.5, 0.6) is 5.75 Å². The van der Waals surface area contributed by atoms with E-state index in [1.54, 1.807) is 0 Å². The molecule has 4 heteroatoms. The molecule has 1 atom stereocenters. The Balaban J connectivity index is 2.21. The van der Waals surface area contributed by atoms with Crippen LogP contribution >= 0.6 is 31.9 Å².